The first-order chi connectivity index (χ1) is 6.88. The Hall–Kier alpha value is -1.02. The summed E-state index contributed by atoms with van der Waals surface area (Å²) in [7, 11) is 0. The molecule has 1 rings (SSSR count). The maximum atomic E-state index is 3.84. The maximum absolute atomic E-state index is 3.84. The van der Waals surface area contributed by atoms with Gasteiger partial charge in [0.05, 0.1) is 0 Å². The molecule has 1 aliphatic heterocycles. The van der Waals surface area contributed by atoms with Gasteiger partial charge in [0.1, 0.15) is 0 Å². The Morgan fingerprint density at radius 1 is 1.00 bits per heavy atom. The van der Waals surface area contributed by atoms with Crippen LogP contribution in [0.25, 0.3) is 0 Å². The minimum atomic E-state index is 1.01. The van der Waals surface area contributed by atoms with Crippen LogP contribution in [0.5, 0.6) is 0 Å². The van der Waals surface area contributed by atoms with E-state index in [1.165, 1.54) is 12.0 Å². The Labute approximate surface area is 86.8 Å². The molecule has 1 heterocycles. The average Bonchev–Trinajstić information content (AvgIpc) is 2.24. The van der Waals surface area contributed by atoms with Gasteiger partial charge in [0.2, 0.25) is 0 Å². The Kier molecular flexibility index (Phi) is 5.08. The first kappa shape index (κ1) is 11.1. The van der Waals surface area contributed by atoms with E-state index in [2.05, 4.69) is 23.8 Å². The third-order valence-corrected chi connectivity index (χ3v) is 2.44. The quantitative estimate of drug-likeness (QED) is 0.699. The van der Waals surface area contributed by atoms with E-state index in [4.69, 9.17) is 0 Å². The van der Waals surface area contributed by atoms with Crippen LogP contribution in [0.2, 0.25) is 0 Å². The minimum absolute atomic E-state index is 1.01. The van der Waals surface area contributed by atoms with Gasteiger partial charge in [-0.15, -0.1) is 0 Å². The Morgan fingerprint density at radius 3 is 2.50 bits per heavy atom. The fourth-order valence-electron chi connectivity index (χ4n) is 1.63. The molecule has 0 unspecified atom stereocenters. The Bertz CT molecular complexity index is 204. The number of allylic oxidation sites excluding steroid dienone is 3. The molecule has 0 saturated carbocycles. The second kappa shape index (κ2) is 6.44. The first-order valence-electron chi connectivity index (χ1n) is 5.31. The molecule has 0 aromatic carbocycles. The fraction of sp³-hybridized carbons (Fsp3) is 0.500. The molecule has 0 aliphatic carbocycles. The summed E-state index contributed by atoms with van der Waals surface area (Å²) in [4.78, 5) is 0. The van der Waals surface area contributed by atoms with Crippen molar-refractivity contribution in [2.24, 2.45) is 0 Å². The average molecular weight is 192 g/mol. The summed E-state index contributed by atoms with van der Waals surface area (Å²) >= 11 is 0. The van der Waals surface area contributed by atoms with Gasteiger partial charge in [-0.05, 0) is 44.0 Å². The highest BCUT2D eigenvalue weighted by atomic mass is 14.9. The molecule has 78 valence electrons. The van der Waals surface area contributed by atoms with E-state index in [-0.39, 0.29) is 0 Å². The molecular weight excluding hydrogens is 172 g/mol. The predicted molar refractivity (Wildman–Crippen MR) is 62.1 cm³/mol. The lowest BCUT2D eigenvalue weighted by Gasteiger charge is -2.14. The van der Waals surface area contributed by atoms with E-state index in [1.54, 1.807) is 0 Å². The fourth-order valence-corrected chi connectivity index (χ4v) is 1.63. The second-order valence-electron chi connectivity index (χ2n) is 3.48. The molecule has 2 heteroatoms. The van der Waals surface area contributed by atoms with Crippen molar-refractivity contribution in [2.45, 2.75) is 19.3 Å². The molecule has 0 spiro atoms. The summed E-state index contributed by atoms with van der Waals surface area (Å²) in [5.41, 5.74) is 2.44. The zero-order chi connectivity index (χ0) is 10.2. The highest BCUT2D eigenvalue weighted by molar-refractivity contribution is 5.30. The van der Waals surface area contributed by atoms with E-state index in [0.717, 1.165) is 38.2 Å². The molecule has 0 aromatic rings. The van der Waals surface area contributed by atoms with Gasteiger partial charge in [-0.3, -0.25) is 0 Å². The number of hydrogen-bond donors (Lipinski definition) is 2. The van der Waals surface area contributed by atoms with Crippen molar-refractivity contribution < 1.29 is 0 Å². The summed E-state index contributed by atoms with van der Waals surface area (Å²) in [5.74, 6) is 0. The van der Waals surface area contributed by atoms with Crippen LogP contribution in [0.4, 0.5) is 0 Å². The molecule has 0 aromatic heterocycles. The van der Waals surface area contributed by atoms with Gasteiger partial charge in [0.15, 0.2) is 0 Å². The van der Waals surface area contributed by atoms with Crippen molar-refractivity contribution in [1.29, 1.82) is 0 Å². The van der Waals surface area contributed by atoms with E-state index in [9.17, 15) is 0 Å². The lowest BCUT2D eigenvalue weighted by Crippen LogP contribution is -2.24. The smallest absolute Gasteiger partial charge is 0.0366 e. The maximum Gasteiger partial charge on any atom is 0.0366 e. The third-order valence-electron chi connectivity index (χ3n) is 2.44. The summed E-state index contributed by atoms with van der Waals surface area (Å²) < 4.78 is 0. The lowest BCUT2D eigenvalue weighted by molar-refractivity contribution is 0.595. The van der Waals surface area contributed by atoms with Crippen molar-refractivity contribution in [2.75, 3.05) is 19.6 Å². The van der Waals surface area contributed by atoms with E-state index in [1.807, 2.05) is 12.2 Å². The van der Waals surface area contributed by atoms with Crippen LogP contribution >= 0.6 is 0 Å². The SMILES string of the molecule is C=C/C1=C(\C=C)NCCCNCCC1. The summed E-state index contributed by atoms with van der Waals surface area (Å²) in [5, 5.41) is 6.80. The van der Waals surface area contributed by atoms with Gasteiger partial charge in [-0.25, -0.2) is 0 Å². The number of rotatable bonds is 2. The van der Waals surface area contributed by atoms with E-state index < -0.39 is 0 Å². The van der Waals surface area contributed by atoms with Crippen LogP contribution in [0.15, 0.2) is 36.6 Å². The largest absolute Gasteiger partial charge is 0.385 e. The predicted octanol–water partition coefficient (Wildman–Crippen LogP) is 1.98. The van der Waals surface area contributed by atoms with Crippen molar-refractivity contribution in [3.63, 3.8) is 0 Å². The van der Waals surface area contributed by atoms with E-state index in [0.29, 0.717) is 0 Å². The lowest BCUT2D eigenvalue weighted by atomic mass is 10.1. The highest BCUT2D eigenvalue weighted by Crippen LogP contribution is 2.11. The van der Waals surface area contributed by atoms with Gasteiger partial charge < -0.3 is 10.6 Å². The van der Waals surface area contributed by atoms with Crippen LogP contribution in [-0.4, -0.2) is 19.6 Å². The van der Waals surface area contributed by atoms with Gasteiger partial charge in [-0.1, -0.05) is 19.2 Å². The molecule has 0 bridgehead atoms. The standard InChI is InChI=1S/C12H20N2/c1-3-11-7-5-8-13-9-6-10-14-12(11)4-2/h3-4,13-14H,1-2,5-10H2/b12-11-. The topological polar surface area (TPSA) is 24.1 Å². The Balaban J connectivity index is 2.68. The van der Waals surface area contributed by atoms with E-state index >= 15 is 0 Å². The van der Waals surface area contributed by atoms with Gasteiger partial charge in [0, 0.05) is 12.2 Å². The third kappa shape index (κ3) is 3.38. The van der Waals surface area contributed by atoms with Gasteiger partial charge in [-0.2, -0.15) is 0 Å². The van der Waals surface area contributed by atoms with Crippen LogP contribution in [0.3, 0.4) is 0 Å². The highest BCUT2D eigenvalue weighted by Gasteiger charge is 2.02. The summed E-state index contributed by atoms with van der Waals surface area (Å²) in [6, 6.07) is 0. The molecule has 0 saturated heterocycles. The minimum Gasteiger partial charge on any atom is -0.385 e. The van der Waals surface area contributed by atoms with Crippen LogP contribution in [0, 0.1) is 0 Å². The molecule has 0 amide bonds. The molecule has 14 heavy (non-hydrogen) atoms. The second-order valence-corrected chi connectivity index (χ2v) is 3.48. The zero-order valence-corrected chi connectivity index (χ0v) is 8.81. The van der Waals surface area contributed by atoms with Crippen LogP contribution in [0.1, 0.15) is 19.3 Å². The monoisotopic (exact) mass is 192 g/mol. The van der Waals surface area contributed by atoms with Crippen molar-refractivity contribution in [3.05, 3.63) is 36.6 Å². The van der Waals surface area contributed by atoms with Crippen LogP contribution in [-0.2, 0) is 0 Å². The normalized spacial score (nSPS) is 24.9. The molecule has 2 nitrogen and oxygen atoms in total. The molecule has 0 fully saturated rings. The Morgan fingerprint density at radius 2 is 1.79 bits per heavy atom. The summed E-state index contributed by atoms with van der Waals surface area (Å²) in [6.07, 6.45) is 7.23. The molecule has 2 N–H and O–H groups in total. The van der Waals surface area contributed by atoms with Crippen molar-refractivity contribution >= 4 is 0 Å². The van der Waals surface area contributed by atoms with Gasteiger partial charge >= 0.3 is 0 Å². The molecular formula is C12H20N2. The van der Waals surface area contributed by atoms with Gasteiger partial charge in [0.25, 0.3) is 0 Å². The first-order valence-corrected chi connectivity index (χ1v) is 5.31. The summed E-state index contributed by atoms with van der Waals surface area (Å²) in [6.45, 7) is 10.9. The molecule has 1 aliphatic rings. The van der Waals surface area contributed by atoms with Crippen molar-refractivity contribution in [1.82, 2.24) is 10.6 Å². The molecule has 0 atom stereocenters. The number of nitrogens with one attached hydrogen (secondary N) is 2. The molecule has 0 radical (unpaired) electrons. The van der Waals surface area contributed by atoms with Crippen molar-refractivity contribution in [3.8, 4) is 0 Å². The number of hydrogen-bond acceptors (Lipinski definition) is 2. The van der Waals surface area contributed by atoms with Crippen LogP contribution < -0.4 is 10.6 Å². The zero-order valence-electron chi connectivity index (χ0n) is 8.81.